The molecule has 0 aromatic heterocycles. The van der Waals surface area contributed by atoms with Crippen molar-refractivity contribution in [3.8, 4) is 5.75 Å². The predicted molar refractivity (Wildman–Crippen MR) is 72.4 cm³/mol. The highest BCUT2D eigenvalue weighted by Gasteiger charge is 2.25. The number of halogens is 2. The van der Waals surface area contributed by atoms with E-state index in [1.807, 2.05) is 19.6 Å². The molecular weight excluding hydrogens is 288 g/mol. The third-order valence-electron chi connectivity index (χ3n) is 2.30. The van der Waals surface area contributed by atoms with Crippen molar-refractivity contribution in [1.82, 2.24) is 0 Å². The van der Waals surface area contributed by atoms with Gasteiger partial charge in [-0.3, -0.25) is 10.1 Å². The van der Waals surface area contributed by atoms with Crippen LogP contribution in [0.3, 0.4) is 0 Å². The van der Waals surface area contributed by atoms with Crippen molar-refractivity contribution in [1.29, 1.82) is 0 Å². The Bertz CT molecular complexity index is 505. The Hall–Kier alpha value is -1.54. The second-order valence-corrected chi connectivity index (χ2v) is 9.83. The Morgan fingerprint density at radius 2 is 1.95 bits per heavy atom. The van der Waals surface area contributed by atoms with Crippen molar-refractivity contribution in [3.63, 3.8) is 0 Å². The summed E-state index contributed by atoms with van der Waals surface area (Å²) in [5, 5.41) is 10.8. The van der Waals surface area contributed by atoms with Gasteiger partial charge in [0.1, 0.15) is 6.10 Å². The van der Waals surface area contributed by atoms with Crippen LogP contribution < -0.4 is 4.74 Å². The van der Waals surface area contributed by atoms with Crippen molar-refractivity contribution in [3.05, 3.63) is 33.9 Å². The van der Waals surface area contributed by atoms with Gasteiger partial charge in [-0.05, 0) is 32.6 Å². The molecule has 1 atom stereocenters. The lowest BCUT2D eigenvalue weighted by atomic mass is 10.2. The van der Waals surface area contributed by atoms with Gasteiger partial charge in [0.05, 0.1) is 11.5 Å². The maximum Gasteiger partial charge on any atom is 0.314 e. The van der Waals surface area contributed by atoms with Gasteiger partial charge in [-0.15, -0.1) is 0 Å². The summed E-state index contributed by atoms with van der Waals surface area (Å²) in [6, 6.07) is 1.57. The van der Waals surface area contributed by atoms with Crippen molar-refractivity contribution < 1.29 is 22.9 Å². The van der Waals surface area contributed by atoms with Gasteiger partial charge in [0, 0.05) is 6.07 Å². The standard InChI is InChI=1S/C12H17F2NO4Si/c1-8(7-18-20(2,3)4)19-12-10(15(16)17)6-5-9(13)11(12)14/h5-6,8H,7H2,1-4H3/t8-/m0/s1. The van der Waals surface area contributed by atoms with E-state index in [2.05, 4.69) is 0 Å². The van der Waals surface area contributed by atoms with Crippen molar-refractivity contribution in [2.24, 2.45) is 0 Å². The Morgan fingerprint density at radius 1 is 1.35 bits per heavy atom. The molecule has 0 aliphatic heterocycles. The molecule has 0 bridgehead atoms. The fourth-order valence-electron chi connectivity index (χ4n) is 1.38. The largest absolute Gasteiger partial charge is 0.479 e. The van der Waals surface area contributed by atoms with Crippen molar-refractivity contribution >= 4 is 14.0 Å². The molecule has 0 N–H and O–H groups in total. The molecule has 0 spiro atoms. The molecule has 5 nitrogen and oxygen atoms in total. The molecule has 0 fully saturated rings. The topological polar surface area (TPSA) is 61.6 Å². The van der Waals surface area contributed by atoms with Crippen molar-refractivity contribution in [2.75, 3.05) is 6.61 Å². The smallest absolute Gasteiger partial charge is 0.314 e. The summed E-state index contributed by atoms with van der Waals surface area (Å²) in [5.74, 6) is -3.25. The molecule has 1 aromatic rings. The van der Waals surface area contributed by atoms with Crippen LogP contribution in [-0.2, 0) is 4.43 Å². The van der Waals surface area contributed by atoms with E-state index in [-0.39, 0.29) is 6.61 Å². The molecule has 0 radical (unpaired) electrons. The molecule has 112 valence electrons. The zero-order valence-corrected chi connectivity index (χ0v) is 12.8. The number of nitro benzene ring substituents is 1. The molecule has 8 heteroatoms. The summed E-state index contributed by atoms with van der Waals surface area (Å²) in [5.41, 5.74) is -0.608. The highest BCUT2D eigenvalue weighted by Crippen LogP contribution is 2.32. The predicted octanol–water partition coefficient (Wildman–Crippen LogP) is 3.49. The van der Waals surface area contributed by atoms with Gasteiger partial charge >= 0.3 is 5.69 Å². The lowest BCUT2D eigenvalue weighted by Crippen LogP contribution is -2.31. The SMILES string of the molecule is C[C@@H](CO[Si](C)(C)C)Oc1c([N+](=O)[O-])ccc(F)c1F. The monoisotopic (exact) mass is 305 g/mol. The summed E-state index contributed by atoms with van der Waals surface area (Å²) >= 11 is 0. The number of nitro groups is 1. The first kappa shape index (κ1) is 16.5. The van der Waals surface area contributed by atoms with Crippen LogP contribution in [-0.4, -0.2) is 26.0 Å². The number of nitrogens with zero attached hydrogens (tertiary/aromatic N) is 1. The molecule has 0 saturated heterocycles. The Morgan fingerprint density at radius 3 is 2.45 bits per heavy atom. The molecular formula is C12H17F2NO4Si. The van der Waals surface area contributed by atoms with Crippen LogP contribution in [0.1, 0.15) is 6.92 Å². The lowest BCUT2D eigenvalue weighted by Gasteiger charge is -2.21. The Labute approximate surface area is 116 Å². The average molecular weight is 305 g/mol. The van der Waals surface area contributed by atoms with Crippen LogP contribution in [0.2, 0.25) is 19.6 Å². The molecule has 0 aliphatic carbocycles. The minimum atomic E-state index is -1.78. The maximum absolute atomic E-state index is 13.6. The van der Waals surface area contributed by atoms with Gasteiger partial charge in [-0.1, -0.05) is 0 Å². The number of hydrogen-bond donors (Lipinski definition) is 0. The first-order valence-electron chi connectivity index (χ1n) is 6.05. The fourth-order valence-corrected chi connectivity index (χ4v) is 2.11. The summed E-state index contributed by atoms with van der Waals surface area (Å²) in [4.78, 5) is 9.98. The highest BCUT2D eigenvalue weighted by atomic mass is 28.4. The number of ether oxygens (including phenoxy) is 1. The molecule has 0 amide bonds. The van der Waals surface area contributed by atoms with Crippen molar-refractivity contribution in [2.45, 2.75) is 32.7 Å². The Kier molecular flexibility index (Phi) is 5.18. The van der Waals surface area contributed by atoms with Gasteiger partial charge in [-0.2, -0.15) is 4.39 Å². The van der Waals surface area contributed by atoms with Crippen LogP contribution >= 0.6 is 0 Å². The summed E-state index contributed by atoms with van der Waals surface area (Å²) < 4.78 is 37.5. The molecule has 0 saturated carbocycles. The normalized spacial score (nSPS) is 13.1. The van der Waals surface area contributed by atoms with E-state index in [9.17, 15) is 18.9 Å². The first-order valence-corrected chi connectivity index (χ1v) is 9.45. The third kappa shape index (κ3) is 4.53. The van der Waals surface area contributed by atoms with E-state index in [1.54, 1.807) is 6.92 Å². The molecule has 0 heterocycles. The fraction of sp³-hybridized carbons (Fsp3) is 0.500. The van der Waals surface area contributed by atoms with E-state index >= 15 is 0 Å². The van der Waals surface area contributed by atoms with Crippen LogP contribution in [0.4, 0.5) is 14.5 Å². The van der Waals surface area contributed by atoms with E-state index in [0.717, 1.165) is 6.07 Å². The van der Waals surface area contributed by atoms with Crippen LogP contribution in [0.25, 0.3) is 0 Å². The maximum atomic E-state index is 13.6. The van der Waals surface area contributed by atoms with E-state index in [1.165, 1.54) is 0 Å². The molecule has 0 unspecified atom stereocenters. The summed E-state index contributed by atoms with van der Waals surface area (Å²) in [6.07, 6.45) is -0.628. The van der Waals surface area contributed by atoms with Crippen LogP contribution in [0.5, 0.6) is 5.75 Å². The minimum absolute atomic E-state index is 0.156. The van der Waals surface area contributed by atoms with Gasteiger partial charge in [0.15, 0.2) is 14.1 Å². The number of benzene rings is 1. The van der Waals surface area contributed by atoms with Gasteiger partial charge < -0.3 is 9.16 Å². The highest BCUT2D eigenvalue weighted by molar-refractivity contribution is 6.69. The summed E-state index contributed by atoms with van der Waals surface area (Å²) in [7, 11) is -1.78. The van der Waals surface area contributed by atoms with Gasteiger partial charge in [0.2, 0.25) is 11.6 Å². The minimum Gasteiger partial charge on any atom is -0.479 e. The van der Waals surface area contributed by atoms with Crippen LogP contribution in [0, 0.1) is 21.7 Å². The molecule has 1 rings (SSSR count). The molecule has 0 aliphatic rings. The van der Waals surface area contributed by atoms with Crippen LogP contribution in [0.15, 0.2) is 12.1 Å². The quantitative estimate of drug-likeness (QED) is 0.458. The third-order valence-corrected chi connectivity index (χ3v) is 3.33. The second-order valence-electron chi connectivity index (χ2n) is 5.32. The molecule has 1 aromatic carbocycles. The average Bonchev–Trinajstić information content (AvgIpc) is 2.31. The number of hydrogen-bond acceptors (Lipinski definition) is 4. The number of rotatable bonds is 6. The summed E-state index contributed by atoms with van der Waals surface area (Å²) in [6.45, 7) is 7.62. The Balaban J connectivity index is 2.91. The molecule has 20 heavy (non-hydrogen) atoms. The second kappa shape index (κ2) is 6.27. The first-order chi connectivity index (χ1) is 9.11. The van der Waals surface area contributed by atoms with E-state index in [4.69, 9.17) is 9.16 Å². The lowest BCUT2D eigenvalue weighted by molar-refractivity contribution is -0.386. The zero-order valence-electron chi connectivity index (χ0n) is 11.8. The van der Waals surface area contributed by atoms with Gasteiger partial charge in [-0.25, -0.2) is 4.39 Å². The zero-order chi connectivity index (χ0) is 15.5. The van der Waals surface area contributed by atoms with Gasteiger partial charge in [0.25, 0.3) is 0 Å². The van der Waals surface area contributed by atoms with E-state index < -0.39 is 42.4 Å². The van der Waals surface area contributed by atoms with E-state index in [0.29, 0.717) is 6.07 Å².